The van der Waals surface area contributed by atoms with Crippen LogP contribution in [0.4, 0.5) is 0 Å². The van der Waals surface area contributed by atoms with Gasteiger partial charge in [0, 0.05) is 12.6 Å². The predicted molar refractivity (Wildman–Crippen MR) is 56.7 cm³/mol. The normalized spacial score (nSPS) is 24.5. The quantitative estimate of drug-likeness (QED) is 0.207. The van der Waals surface area contributed by atoms with E-state index in [4.69, 9.17) is 0 Å². The molecule has 1 heterocycles. The van der Waals surface area contributed by atoms with Crippen molar-refractivity contribution in [3.05, 3.63) is 16.7 Å². The highest BCUT2D eigenvalue weighted by molar-refractivity contribution is 5.13. The van der Waals surface area contributed by atoms with Crippen molar-refractivity contribution in [2.24, 2.45) is 5.18 Å². The Balaban J connectivity index is 2.20. The molecule has 1 aliphatic heterocycles. The first-order valence-corrected chi connectivity index (χ1v) is 5.16. The van der Waals surface area contributed by atoms with Gasteiger partial charge in [0.05, 0.1) is 7.11 Å². The van der Waals surface area contributed by atoms with Crippen molar-refractivity contribution in [1.29, 1.82) is 0 Å². The molecule has 0 amide bonds. The van der Waals surface area contributed by atoms with Gasteiger partial charge in [-0.3, -0.25) is 9.74 Å². The van der Waals surface area contributed by atoms with Crippen molar-refractivity contribution in [2.75, 3.05) is 26.8 Å². The van der Waals surface area contributed by atoms with Crippen molar-refractivity contribution >= 4 is 0 Å². The molecule has 1 fully saturated rings. The van der Waals surface area contributed by atoms with Gasteiger partial charge in [-0.05, 0) is 29.9 Å². The van der Waals surface area contributed by atoms with E-state index in [1.54, 1.807) is 6.08 Å². The minimum absolute atomic E-state index is 0.00365. The van der Waals surface area contributed by atoms with E-state index in [-0.39, 0.29) is 6.61 Å². The molecule has 0 bridgehead atoms. The molecule has 0 aromatic rings. The predicted octanol–water partition coefficient (Wildman–Crippen LogP) is 0.745. The van der Waals surface area contributed by atoms with Crippen LogP contribution in [0.3, 0.4) is 0 Å². The Labute approximate surface area is 94.1 Å². The summed E-state index contributed by atoms with van der Waals surface area (Å²) in [5.74, 6) is 0. The number of rotatable bonds is 9. The van der Waals surface area contributed by atoms with Crippen LogP contribution < -0.4 is 5.64 Å². The SMILES string of the molecule is CCCN1C[C@@H]1C=C(COONOC)N=O. The zero-order chi connectivity index (χ0) is 11.8. The molecule has 2 atom stereocenters. The fraction of sp³-hybridized carbons (Fsp3) is 0.778. The zero-order valence-corrected chi connectivity index (χ0v) is 9.51. The van der Waals surface area contributed by atoms with Gasteiger partial charge in [-0.25, -0.2) is 4.89 Å². The molecule has 16 heavy (non-hydrogen) atoms. The molecule has 92 valence electrons. The van der Waals surface area contributed by atoms with Crippen molar-refractivity contribution in [1.82, 2.24) is 10.5 Å². The number of hydrogen-bond acceptors (Lipinski definition) is 7. The van der Waals surface area contributed by atoms with Crippen molar-refractivity contribution in [3.8, 4) is 0 Å². The summed E-state index contributed by atoms with van der Waals surface area (Å²) >= 11 is 0. The lowest BCUT2D eigenvalue weighted by atomic mass is 10.3. The molecule has 1 N–H and O–H groups in total. The Bertz CT molecular complexity index is 247. The molecule has 0 spiro atoms. The minimum atomic E-state index is -0.00365. The molecule has 0 aliphatic carbocycles. The Morgan fingerprint density at radius 2 is 2.50 bits per heavy atom. The highest BCUT2D eigenvalue weighted by Crippen LogP contribution is 2.20. The summed E-state index contributed by atoms with van der Waals surface area (Å²) in [7, 11) is 1.38. The highest BCUT2D eigenvalue weighted by Gasteiger charge is 2.31. The lowest BCUT2D eigenvalue weighted by Gasteiger charge is -2.01. The first-order valence-electron chi connectivity index (χ1n) is 5.16. The van der Waals surface area contributed by atoms with E-state index in [1.165, 1.54) is 7.11 Å². The van der Waals surface area contributed by atoms with Crippen LogP contribution in [0.25, 0.3) is 0 Å². The van der Waals surface area contributed by atoms with Crippen LogP contribution in [0.5, 0.6) is 0 Å². The monoisotopic (exact) mass is 231 g/mol. The Kier molecular flexibility index (Phi) is 6.12. The third-order valence-corrected chi connectivity index (χ3v) is 2.15. The van der Waals surface area contributed by atoms with Gasteiger partial charge in [-0.2, -0.15) is 0 Å². The number of nitrogens with zero attached hydrogens (tertiary/aromatic N) is 2. The third kappa shape index (κ3) is 4.77. The summed E-state index contributed by atoms with van der Waals surface area (Å²) in [5.41, 5.74) is 2.34. The largest absolute Gasteiger partial charge is 0.294 e. The first kappa shape index (κ1) is 13.2. The van der Waals surface area contributed by atoms with Gasteiger partial charge >= 0.3 is 0 Å². The smallest absolute Gasteiger partial charge is 0.130 e. The zero-order valence-electron chi connectivity index (χ0n) is 9.51. The molecule has 1 unspecified atom stereocenters. The van der Waals surface area contributed by atoms with Crippen LogP contribution in [0.1, 0.15) is 13.3 Å². The Morgan fingerprint density at radius 1 is 1.69 bits per heavy atom. The molecule has 0 saturated carbocycles. The van der Waals surface area contributed by atoms with Crippen molar-refractivity contribution < 1.29 is 14.7 Å². The van der Waals surface area contributed by atoms with E-state index < -0.39 is 0 Å². The molecular weight excluding hydrogens is 214 g/mol. The fourth-order valence-corrected chi connectivity index (χ4v) is 1.37. The van der Waals surface area contributed by atoms with Gasteiger partial charge in [0.2, 0.25) is 0 Å². The lowest BCUT2D eigenvalue weighted by Crippen LogP contribution is -2.14. The summed E-state index contributed by atoms with van der Waals surface area (Å²) in [5, 5.41) is 2.87. The van der Waals surface area contributed by atoms with Gasteiger partial charge in [-0.1, -0.05) is 6.92 Å². The first-order chi connectivity index (χ1) is 7.81. The van der Waals surface area contributed by atoms with Crippen LogP contribution in [0.2, 0.25) is 0 Å². The second-order valence-corrected chi connectivity index (χ2v) is 3.44. The maximum Gasteiger partial charge on any atom is 0.130 e. The van der Waals surface area contributed by atoms with Gasteiger partial charge in [0.1, 0.15) is 12.3 Å². The van der Waals surface area contributed by atoms with E-state index in [0.717, 1.165) is 19.5 Å². The number of hydrogen-bond donors (Lipinski definition) is 1. The minimum Gasteiger partial charge on any atom is -0.294 e. The van der Waals surface area contributed by atoms with E-state index in [2.05, 4.69) is 31.7 Å². The summed E-state index contributed by atoms with van der Waals surface area (Å²) in [6.07, 6.45) is 2.89. The van der Waals surface area contributed by atoms with E-state index >= 15 is 0 Å². The molecule has 7 heteroatoms. The van der Waals surface area contributed by atoms with Crippen LogP contribution in [-0.2, 0) is 14.7 Å². The lowest BCUT2D eigenvalue weighted by molar-refractivity contribution is -0.391. The molecule has 1 aliphatic rings. The summed E-state index contributed by atoms with van der Waals surface area (Å²) in [6.45, 7) is 4.13. The van der Waals surface area contributed by atoms with Gasteiger partial charge in [0.25, 0.3) is 0 Å². The summed E-state index contributed by atoms with van der Waals surface area (Å²) < 4.78 is 0. The van der Waals surface area contributed by atoms with Crippen LogP contribution in [0.15, 0.2) is 16.9 Å². The summed E-state index contributed by atoms with van der Waals surface area (Å²) in [4.78, 5) is 26.1. The van der Waals surface area contributed by atoms with E-state index in [0.29, 0.717) is 11.7 Å². The molecule has 0 aromatic carbocycles. The second-order valence-electron chi connectivity index (χ2n) is 3.44. The average Bonchev–Trinajstić information content (AvgIpc) is 3.01. The third-order valence-electron chi connectivity index (χ3n) is 2.15. The highest BCUT2D eigenvalue weighted by atomic mass is 17.3. The van der Waals surface area contributed by atoms with Crippen LogP contribution in [0, 0.1) is 4.91 Å². The number of nitroso groups, excluding NO2 is 1. The molecule has 0 aromatic heterocycles. The topological polar surface area (TPSA) is 72.2 Å². The van der Waals surface area contributed by atoms with Crippen molar-refractivity contribution in [3.63, 3.8) is 0 Å². The molecular formula is C9H17N3O4. The standard InChI is InChI=1S/C9H17N3O4/c1-3-4-12-6-9(12)5-8(10-13)7-15-16-11-14-2/h5,9,11H,3-4,6-7H2,1-2H3/t9-,12?/m0/s1. The summed E-state index contributed by atoms with van der Waals surface area (Å²) in [6, 6.07) is 0.312. The Hall–Kier alpha value is -0.860. The van der Waals surface area contributed by atoms with E-state index in [9.17, 15) is 4.91 Å². The second kappa shape index (κ2) is 7.42. The number of nitrogens with one attached hydrogen (secondary N) is 1. The van der Waals surface area contributed by atoms with Crippen LogP contribution >= 0.6 is 0 Å². The molecule has 1 rings (SSSR count). The van der Waals surface area contributed by atoms with Crippen molar-refractivity contribution in [2.45, 2.75) is 19.4 Å². The van der Waals surface area contributed by atoms with Gasteiger partial charge in [0.15, 0.2) is 0 Å². The van der Waals surface area contributed by atoms with E-state index in [1.807, 2.05) is 5.64 Å². The van der Waals surface area contributed by atoms with Crippen LogP contribution in [-0.4, -0.2) is 37.7 Å². The maximum atomic E-state index is 10.5. The fourth-order valence-electron chi connectivity index (χ4n) is 1.37. The molecule has 1 saturated heterocycles. The molecule has 0 radical (unpaired) electrons. The van der Waals surface area contributed by atoms with Gasteiger partial charge in [-0.15, -0.1) is 9.90 Å². The van der Waals surface area contributed by atoms with Gasteiger partial charge < -0.3 is 0 Å². The average molecular weight is 231 g/mol. The maximum absolute atomic E-state index is 10.5. The Morgan fingerprint density at radius 3 is 3.12 bits per heavy atom. The molecule has 7 nitrogen and oxygen atoms in total.